The molecule has 3 heteroatoms. The van der Waals surface area contributed by atoms with E-state index in [2.05, 4.69) is 31.1 Å². The number of nitrogens with one attached hydrogen (secondary N) is 1. The summed E-state index contributed by atoms with van der Waals surface area (Å²) in [6, 6.07) is 0.661. The molecule has 0 radical (unpaired) electrons. The normalized spacial score (nSPS) is 18.1. The lowest BCUT2D eigenvalue weighted by molar-refractivity contribution is 0.227. The monoisotopic (exact) mass is 252 g/mol. The lowest BCUT2D eigenvalue weighted by Gasteiger charge is -2.34. The van der Waals surface area contributed by atoms with Crippen molar-refractivity contribution in [3.8, 4) is 0 Å². The van der Waals surface area contributed by atoms with Crippen LogP contribution in [0.15, 0.2) is 0 Å². The Hall–Kier alpha value is -0.410. The minimum absolute atomic E-state index is 0.661. The zero-order valence-electron chi connectivity index (χ0n) is 11.3. The van der Waals surface area contributed by atoms with E-state index < -0.39 is 0 Å². The molecule has 1 fully saturated rings. The largest absolute Gasteiger partial charge is 0.313 e. The Balaban J connectivity index is 1.95. The van der Waals surface area contributed by atoms with Crippen LogP contribution in [-0.4, -0.2) is 17.6 Å². The van der Waals surface area contributed by atoms with Gasteiger partial charge in [0.15, 0.2) is 0 Å². The molecule has 0 saturated heterocycles. The highest BCUT2D eigenvalue weighted by molar-refractivity contribution is 7.11. The molecule has 0 bridgehead atoms. The molecular formula is C14H24N2S. The van der Waals surface area contributed by atoms with Gasteiger partial charge in [-0.1, -0.05) is 13.3 Å². The molecule has 2 nitrogen and oxygen atoms in total. The van der Waals surface area contributed by atoms with Crippen molar-refractivity contribution >= 4 is 11.3 Å². The summed E-state index contributed by atoms with van der Waals surface area (Å²) in [5, 5.41) is 5.04. The van der Waals surface area contributed by atoms with Gasteiger partial charge in [-0.15, -0.1) is 11.3 Å². The fraction of sp³-hybridized carbons (Fsp3) is 0.786. The van der Waals surface area contributed by atoms with E-state index in [1.807, 2.05) is 11.3 Å². The highest BCUT2D eigenvalue weighted by Crippen LogP contribution is 2.32. The van der Waals surface area contributed by atoms with Crippen LogP contribution in [0.4, 0.5) is 0 Å². The molecule has 1 aliphatic carbocycles. The van der Waals surface area contributed by atoms with Crippen molar-refractivity contribution in [2.75, 3.05) is 6.54 Å². The summed E-state index contributed by atoms with van der Waals surface area (Å²) in [6.07, 6.45) is 6.59. The van der Waals surface area contributed by atoms with E-state index >= 15 is 0 Å². The summed E-state index contributed by atoms with van der Waals surface area (Å²) in [5.74, 6) is 0.895. The standard InChI is InChI=1S/C14H24N2S/c1-4-8-15-13(12-6-5-7-12)9-14-16-10(2)11(3)17-14/h12-13,15H,4-9H2,1-3H3. The summed E-state index contributed by atoms with van der Waals surface area (Å²) in [6.45, 7) is 7.68. The molecule has 96 valence electrons. The Labute approximate surface area is 109 Å². The molecule has 0 amide bonds. The number of rotatable bonds is 6. The minimum Gasteiger partial charge on any atom is -0.313 e. The second-order valence-corrected chi connectivity index (χ2v) is 6.49. The average Bonchev–Trinajstić information content (AvgIpc) is 2.52. The molecule has 1 unspecified atom stereocenters. The molecule has 2 rings (SSSR count). The van der Waals surface area contributed by atoms with Crippen LogP contribution < -0.4 is 5.32 Å². The minimum atomic E-state index is 0.661. The molecule has 17 heavy (non-hydrogen) atoms. The van der Waals surface area contributed by atoms with Gasteiger partial charge in [0.05, 0.1) is 10.7 Å². The fourth-order valence-corrected chi connectivity index (χ4v) is 3.38. The van der Waals surface area contributed by atoms with Crippen LogP contribution in [0.1, 0.15) is 48.2 Å². The van der Waals surface area contributed by atoms with E-state index in [1.165, 1.54) is 41.3 Å². The lowest BCUT2D eigenvalue weighted by Crippen LogP contribution is -2.41. The zero-order valence-corrected chi connectivity index (χ0v) is 12.1. The van der Waals surface area contributed by atoms with E-state index in [-0.39, 0.29) is 0 Å². The third kappa shape index (κ3) is 3.29. The first-order chi connectivity index (χ1) is 8.20. The number of aryl methyl sites for hydroxylation is 2. The van der Waals surface area contributed by atoms with Crippen molar-refractivity contribution in [3.05, 3.63) is 15.6 Å². The summed E-state index contributed by atoms with van der Waals surface area (Å²) >= 11 is 1.88. The maximum absolute atomic E-state index is 4.68. The molecule has 0 spiro atoms. The topological polar surface area (TPSA) is 24.9 Å². The van der Waals surface area contributed by atoms with Crippen molar-refractivity contribution in [3.63, 3.8) is 0 Å². The van der Waals surface area contributed by atoms with Crippen molar-refractivity contribution in [1.82, 2.24) is 10.3 Å². The van der Waals surface area contributed by atoms with Gasteiger partial charge in [0.2, 0.25) is 0 Å². The number of thiazole rings is 1. The Morgan fingerprint density at radius 2 is 2.18 bits per heavy atom. The Bertz CT molecular complexity index is 336. The van der Waals surface area contributed by atoms with Gasteiger partial charge < -0.3 is 5.32 Å². The van der Waals surface area contributed by atoms with Crippen LogP contribution >= 0.6 is 11.3 Å². The highest BCUT2D eigenvalue weighted by atomic mass is 32.1. The summed E-state index contributed by atoms with van der Waals surface area (Å²) < 4.78 is 0. The zero-order chi connectivity index (χ0) is 12.3. The van der Waals surface area contributed by atoms with Crippen molar-refractivity contribution < 1.29 is 0 Å². The van der Waals surface area contributed by atoms with Crippen LogP contribution in [0.5, 0.6) is 0 Å². The van der Waals surface area contributed by atoms with Crippen LogP contribution in [0.2, 0.25) is 0 Å². The summed E-state index contributed by atoms with van der Waals surface area (Å²) in [7, 11) is 0. The van der Waals surface area contributed by atoms with Crippen LogP contribution in [0.3, 0.4) is 0 Å². The van der Waals surface area contributed by atoms with Crippen LogP contribution in [0, 0.1) is 19.8 Å². The maximum atomic E-state index is 4.68. The van der Waals surface area contributed by atoms with Crippen molar-refractivity contribution in [2.45, 2.75) is 58.9 Å². The van der Waals surface area contributed by atoms with E-state index in [1.54, 1.807) is 0 Å². The van der Waals surface area contributed by atoms with Gasteiger partial charge in [0.1, 0.15) is 0 Å². The number of hydrogen-bond donors (Lipinski definition) is 1. The van der Waals surface area contributed by atoms with Gasteiger partial charge in [-0.05, 0) is 45.6 Å². The van der Waals surface area contributed by atoms with Gasteiger partial charge in [-0.3, -0.25) is 0 Å². The van der Waals surface area contributed by atoms with Gasteiger partial charge in [-0.25, -0.2) is 4.98 Å². The van der Waals surface area contributed by atoms with Crippen molar-refractivity contribution in [1.29, 1.82) is 0 Å². The Kier molecular flexibility index (Phi) is 4.57. The first-order valence-electron chi connectivity index (χ1n) is 6.87. The number of hydrogen-bond acceptors (Lipinski definition) is 3. The van der Waals surface area contributed by atoms with Crippen LogP contribution in [-0.2, 0) is 6.42 Å². The van der Waals surface area contributed by atoms with Crippen LogP contribution in [0.25, 0.3) is 0 Å². The fourth-order valence-electron chi connectivity index (χ4n) is 2.39. The van der Waals surface area contributed by atoms with E-state index in [0.29, 0.717) is 6.04 Å². The third-order valence-electron chi connectivity index (χ3n) is 3.84. The number of nitrogens with zero attached hydrogens (tertiary/aromatic N) is 1. The first-order valence-corrected chi connectivity index (χ1v) is 7.68. The second-order valence-electron chi connectivity index (χ2n) is 5.20. The molecule has 1 aliphatic rings. The van der Waals surface area contributed by atoms with Gasteiger partial charge in [-0.2, -0.15) is 0 Å². The van der Waals surface area contributed by atoms with Crippen molar-refractivity contribution in [2.24, 2.45) is 5.92 Å². The Morgan fingerprint density at radius 3 is 2.65 bits per heavy atom. The third-order valence-corrected chi connectivity index (χ3v) is 4.94. The lowest BCUT2D eigenvalue weighted by atomic mass is 9.78. The molecule has 1 aromatic rings. The summed E-state index contributed by atoms with van der Waals surface area (Å²) in [4.78, 5) is 6.06. The van der Waals surface area contributed by atoms with Gasteiger partial charge >= 0.3 is 0 Å². The van der Waals surface area contributed by atoms with Gasteiger partial charge in [0.25, 0.3) is 0 Å². The van der Waals surface area contributed by atoms with Gasteiger partial charge in [0, 0.05) is 17.3 Å². The molecule has 1 aromatic heterocycles. The maximum Gasteiger partial charge on any atom is 0.0946 e. The summed E-state index contributed by atoms with van der Waals surface area (Å²) in [5.41, 5.74) is 1.22. The Morgan fingerprint density at radius 1 is 1.41 bits per heavy atom. The molecular weight excluding hydrogens is 228 g/mol. The predicted molar refractivity (Wildman–Crippen MR) is 74.7 cm³/mol. The molecule has 0 aromatic carbocycles. The average molecular weight is 252 g/mol. The second kappa shape index (κ2) is 5.96. The molecule has 0 aliphatic heterocycles. The van der Waals surface area contributed by atoms with E-state index in [9.17, 15) is 0 Å². The molecule has 1 heterocycles. The quantitative estimate of drug-likeness (QED) is 0.838. The molecule has 1 atom stereocenters. The first kappa shape index (κ1) is 13.0. The highest BCUT2D eigenvalue weighted by Gasteiger charge is 2.27. The molecule has 1 N–H and O–H groups in total. The predicted octanol–water partition coefficient (Wildman–Crippen LogP) is 3.47. The smallest absolute Gasteiger partial charge is 0.0946 e. The van der Waals surface area contributed by atoms with E-state index in [0.717, 1.165) is 18.9 Å². The number of aromatic nitrogens is 1. The van der Waals surface area contributed by atoms with E-state index in [4.69, 9.17) is 0 Å². The molecule has 1 saturated carbocycles. The SMILES string of the molecule is CCCNC(Cc1nc(C)c(C)s1)C1CCC1.